The summed E-state index contributed by atoms with van der Waals surface area (Å²) in [4.78, 5) is 18.3. The normalized spacial score (nSPS) is 17.5. The number of halogens is 3. The molecule has 0 radical (unpaired) electrons. The summed E-state index contributed by atoms with van der Waals surface area (Å²) in [6.07, 6.45) is -4.23. The zero-order valence-electron chi connectivity index (χ0n) is 18.2. The molecule has 2 aromatic rings. The van der Waals surface area contributed by atoms with Crippen LogP contribution in [0.25, 0.3) is 0 Å². The summed E-state index contributed by atoms with van der Waals surface area (Å²) in [5, 5.41) is 11.3. The molecule has 9 heteroatoms. The highest BCUT2D eigenvalue weighted by Gasteiger charge is 2.45. The topological polar surface area (TPSA) is 71.9 Å². The summed E-state index contributed by atoms with van der Waals surface area (Å²) in [5.74, 6) is -0.364. The molecule has 1 aromatic carbocycles. The van der Waals surface area contributed by atoms with Crippen LogP contribution in [0.1, 0.15) is 51.0 Å². The van der Waals surface area contributed by atoms with Crippen LogP contribution < -0.4 is 4.74 Å². The molecule has 32 heavy (non-hydrogen) atoms. The lowest BCUT2D eigenvalue weighted by molar-refractivity contribution is -0.274. The highest BCUT2D eigenvalue weighted by molar-refractivity contribution is 5.68. The number of carbonyl (C=O) groups excluding carboxylic acids is 1. The lowest BCUT2D eigenvalue weighted by Crippen LogP contribution is -2.49. The number of hydrogen-bond acceptors (Lipinski definition) is 5. The minimum absolute atomic E-state index is 0.267. The molecule has 1 aliphatic rings. The Balaban J connectivity index is 1.93. The zero-order chi connectivity index (χ0) is 23.6. The maximum Gasteiger partial charge on any atom is 0.573 e. The van der Waals surface area contributed by atoms with Crippen molar-refractivity contribution in [2.75, 3.05) is 13.1 Å². The summed E-state index contributed by atoms with van der Waals surface area (Å²) < 4.78 is 47.8. The van der Waals surface area contributed by atoms with Crippen molar-refractivity contribution >= 4 is 6.09 Å². The smallest absolute Gasteiger partial charge is 0.444 e. The van der Waals surface area contributed by atoms with Crippen LogP contribution >= 0.6 is 0 Å². The van der Waals surface area contributed by atoms with E-state index in [0.717, 1.165) is 0 Å². The molecule has 1 N–H and O–H groups in total. The molecule has 0 bridgehead atoms. The number of aliphatic hydroxyl groups is 1. The minimum Gasteiger partial charge on any atom is -0.444 e. The van der Waals surface area contributed by atoms with Crippen LogP contribution in [0.3, 0.4) is 0 Å². The number of piperidine rings is 1. The lowest BCUT2D eigenvalue weighted by atomic mass is 9.68. The molecule has 1 unspecified atom stereocenters. The SMILES string of the molecule is CC(C)(C)OC(=O)N1CCC(c2cccc(OC(F)(F)F)c2)(C(O)c2ccccn2)CC1. The molecule has 1 aromatic heterocycles. The van der Waals surface area contributed by atoms with Gasteiger partial charge >= 0.3 is 12.5 Å². The Bertz CT molecular complexity index is 921. The molecule has 174 valence electrons. The molecule has 1 atom stereocenters. The molecule has 6 nitrogen and oxygen atoms in total. The summed E-state index contributed by atoms with van der Waals surface area (Å²) in [5.41, 5.74) is -0.721. The minimum atomic E-state index is -4.83. The van der Waals surface area contributed by atoms with Gasteiger partial charge in [-0.1, -0.05) is 18.2 Å². The molecule has 2 heterocycles. The molecule has 0 saturated carbocycles. The number of nitrogens with zero attached hydrogens (tertiary/aromatic N) is 2. The number of hydrogen-bond donors (Lipinski definition) is 1. The number of benzene rings is 1. The molecular weight excluding hydrogens is 425 g/mol. The number of alkyl halides is 3. The molecule has 3 rings (SSSR count). The standard InChI is InChI=1S/C23H27F3N2O4/c1-21(2,3)32-20(30)28-13-10-22(11-14-28,19(29)18-9-4-5-12-27-18)16-7-6-8-17(15-16)31-23(24,25)26/h4-9,12,15,19,29H,10-11,13-14H2,1-3H3. The van der Waals surface area contributed by atoms with Crippen molar-refractivity contribution in [1.29, 1.82) is 0 Å². The fraction of sp³-hybridized carbons (Fsp3) is 0.478. The Morgan fingerprint density at radius 3 is 2.38 bits per heavy atom. The zero-order valence-corrected chi connectivity index (χ0v) is 18.2. The van der Waals surface area contributed by atoms with Crippen LogP contribution in [-0.2, 0) is 10.2 Å². The molecule has 1 aliphatic heterocycles. The first-order chi connectivity index (χ1) is 14.9. The summed E-state index contributed by atoms with van der Waals surface area (Å²) >= 11 is 0. The third kappa shape index (κ3) is 5.70. The summed E-state index contributed by atoms with van der Waals surface area (Å²) in [6, 6.07) is 10.8. The van der Waals surface area contributed by atoms with Crippen LogP contribution in [0.5, 0.6) is 5.75 Å². The largest absolute Gasteiger partial charge is 0.573 e. The van der Waals surface area contributed by atoms with Gasteiger partial charge in [0.25, 0.3) is 0 Å². The monoisotopic (exact) mass is 452 g/mol. The number of ether oxygens (including phenoxy) is 2. The van der Waals surface area contributed by atoms with E-state index in [2.05, 4.69) is 9.72 Å². The Morgan fingerprint density at radius 2 is 1.81 bits per heavy atom. The number of carbonyl (C=O) groups is 1. The quantitative estimate of drug-likeness (QED) is 0.708. The highest BCUT2D eigenvalue weighted by Crippen LogP contribution is 2.46. The molecular formula is C23H27F3N2O4. The van der Waals surface area contributed by atoms with E-state index in [1.54, 1.807) is 56.1 Å². The van der Waals surface area contributed by atoms with E-state index in [4.69, 9.17) is 4.74 Å². The first-order valence-corrected chi connectivity index (χ1v) is 10.3. The van der Waals surface area contributed by atoms with Gasteiger partial charge in [0.05, 0.1) is 5.69 Å². The van der Waals surface area contributed by atoms with Crippen molar-refractivity contribution in [2.45, 2.75) is 57.1 Å². The van der Waals surface area contributed by atoms with E-state index in [9.17, 15) is 23.1 Å². The van der Waals surface area contributed by atoms with Gasteiger partial charge in [0, 0.05) is 24.7 Å². The Hall–Kier alpha value is -2.81. The summed E-state index contributed by atoms with van der Waals surface area (Å²) in [6.45, 7) is 5.86. The van der Waals surface area contributed by atoms with Gasteiger partial charge in [0.1, 0.15) is 17.5 Å². The van der Waals surface area contributed by atoms with Crippen LogP contribution in [0.2, 0.25) is 0 Å². The second kappa shape index (κ2) is 8.97. The van der Waals surface area contributed by atoms with Crippen molar-refractivity contribution < 1.29 is 32.5 Å². The van der Waals surface area contributed by atoms with E-state index < -0.39 is 29.6 Å². The number of rotatable bonds is 4. The van der Waals surface area contributed by atoms with Crippen molar-refractivity contribution in [1.82, 2.24) is 9.88 Å². The van der Waals surface area contributed by atoms with Gasteiger partial charge in [-0.15, -0.1) is 13.2 Å². The van der Waals surface area contributed by atoms with E-state index in [-0.39, 0.29) is 18.8 Å². The second-order valence-corrected chi connectivity index (χ2v) is 8.86. The van der Waals surface area contributed by atoms with Crippen LogP contribution in [-0.4, -0.2) is 46.1 Å². The van der Waals surface area contributed by atoms with Crippen molar-refractivity contribution in [3.05, 3.63) is 59.9 Å². The highest BCUT2D eigenvalue weighted by atomic mass is 19.4. The number of amides is 1. The number of aliphatic hydroxyl groups excluding tert-OH is 1. The number of pyridine rings is 1. The van der Waals surface area contributed by atoms with Gasteiger partial charge in [-0.3, -0.25) is 4.98 Å². The average Bonchev–Trinajstić information content (AvgIpc) is 2.71. The third-order valence-corrected chi connectivity index (χ3v) is 5.44. The van der Waals surface area contributed by atoms with E-state index in [0.29, 0.717) is 24.1 Å². The fourth-order valence-electron chi connectivity index (χ4n) is 3.96. The van der Waals surface area contributed by atoms with Crippen LogP contribution in [0.4, 0.5) is 18.0 Å². The molecule has 1 saturated heterocycles. The van der Waals surface area contributed by atoms with Gasteiger partial charge in [-0.05, 0) is 63.4 Å². The number of aromatic nitrogens is 1. The summed E-state index contributed by atoms with van der Waals surface area (Å²) in [7, 11) is 0. The van der Waals surface area contributed by atoms with Gasteiger partial charge in [-0.25, -0.2) is 4.79 Å². The Kier molecular flexibility index (Phi) is 6.69. The maximum absolute atomic E-state index is 12.8. The predicted octanol–water partition coefficient (Wildman–Crippen LogP) is 4.98. The Labute approximate surface area is 185 Å². The molecule has 1 amide bonds. The first-order valence-electron chi connectivity index (χ1n) is 10.3. The van der Waals surface area contributed by atoms with E-state index >= 15 is 0 Å². The van der Waals surface area contributed by atoms with Crippen molar-refractivity contribution in [2.24, 2.45) is 0 Å². The molecule has 1 fully saturated rings. The number of likely N-dealkylation sites (tertiary alicyclic amines) is 1. The Morgan fingerprint density at radius 1 is 1.12 bits per heavy atom. The van der Waals surface area contributed by atoms with Crippen molar-refractivity contribution in [3.8, 4) is 5.75 Å². The average molecular weight is 452 g/mol. The van der Waals surface area contributed by atoms with Crippen LogP contribution in [0, 0.1) is 0 Å². The second-order valence-electron chi connectivity index (χ2n) is 8.86. The van der Waals surface area contributed by atoms with Crippen LogP contribution in [0.15, 0.2) is 48.7 Å². The fourth-order valence-corrected chi connectivity index (χ4v) is 3.96. The van der Waals surface area contributed by atoms with Crippen molar-refractivity contribution in [3.63, 3.8) is 0 Å². The van der Waals surface area contributed by atoms with Gasteiger partial charge in [0.15, 0.2) is 0 Å². The lowest BCUT2D eigenvalue weighted by Gasteiger charge is -2.45. The predicted molar refractivity (Wildman–Crippen MR) is 111 cm³/mol. The van der Waals surface area contributed by atoms with Gasteiger partial charge in [0.2, 0.25) is 0 Å². The van der Waals surface area contributed by atoms with E-state index in [1.165, 1.54) is 18.2 Å². The molecule has 0 spiro atoms. The van der Waals surface area contributed by atoms with Gasteiger partial charge < -0.3 is 19.5 Å². The third-order valence-electron chi connectivity index (χ3n) is 5.44. The molecule has 0 aliphatic carbocycles. The van der Waals surface area contributed by atoms with E-state index in [1.807, 2.05) is 0 Å². The maximum atomic E-state index is 12.8. The van der Waals surface area contributed by atoms with Gasteiger partial charge in [-0.2, -0.15) is 0 Å². The first kappa shape index (κ1) is 23.8.